The molecule has 0 aliphatic carbocycles. The number of halogens is 4. The van der Waals surface area contributed by atoms with Gasteiger partial charge in [0.1, 0.15) is 23.6 Å². The van der Waals surface area contributed by atoms with E-state index >= 15 is 0 Å². The maximum absolute atomic E-state index is 10.6. The highest BCUT2D eigenvalue weighted by Gasteiger charge is 2.12. The Hall–Kier alpha value is -1.62. The summed E-state index contributed by atoms with van der Waals surface area (Å²) in [4.78, 5) is 21.2. The molecule has 0 bridgehead atoms. The molecule has 0 amide bonds. The van der Waals surface area contributed by atoms with E-state index in [0.717, 1.165) is 26.4 Å². The number of phenols is 2. The number of nitrogens with two attached hydrogens (primary N) is 2. The second-order valence-electron chi connectivity index (χ2n) is 5.97. The summed E-state index contributed by atoms with van der Waals surface area (Å²) in [5.41, 5.74) is 12.0. The minimum Gasteiger partial charge on any atom is -0.508 e. The summed E-state index contributed by atoms with van der Waals surface area (Å²) in [7, 11) is 0. The van der Waals surface area contributed by atoms with Gasteiger partial charge in [0.05, 0.1) is 26.4 Å². The summed E-state index contributed by atoms with van der Waals surface area (Å²) in [5, 5.41) is 16.6. The zero-order valence-electron chi connectivity index (χ0n) is 16.9. The van der Waals surface area contributed by atoms with Crippen LogP contribution in [0.4, 0.5) is 0 Å². The van der Waals surface area contributed by atoms with Gasteiger partial charge in [0, 0.05) is 0 Å². The largest absolute Gasteiger partial charge is 0.508 e. The Bertz CT molecular complexity index is 717. The van der Waals surface area contributed by atoms with Gasteiger partial charge in [0.15, 0.2) is 0 Å². The molecule has 180 valence electrons. The van der Waals surface area contributed by atoms with E-state index in [-0.39, 0.29) is 36.3 Å². The number of ether oxygens (including phenoxy) is 2. The summed E-state index contributed by atoms with van der Waals surface area (Å²) in [6, 6.07) is 10.4. The summed E-state index contributed by atoms with van der Waals surface area (Å²) >= 11 is 10.4. The molecule has 6 N–H and O–H groups in total. The van der Waals surface area contributed by atoms with Crippen molar-refractivity contribution in [1.29, 1.82) is 0 Å². The number of rotatable bonds is 4. The predicted molar refractivity (Wildman–Crippen MR) is 128 cm³/mol. The molecule has 32 heavy (non-hydrogen) atoms. The second kappa shape index (κ2) is 17.9. The number of hydrogen-bond acceptors (Lipinski definition) is 8. The molecular weight excluding hydrogens is 506 g/mol. The predicted octanol–water partition coefficient (Wildman–Crippen LogP) is 3.19. The number of benzene rings is 2. The van der Waals surface area contributed by atoms with Crippen molar-refractivity contribution < 1.29 is 29.3 Å². The molecule has 1 fully saturated rings. The number of phenolic OH excluding ortho intramolecular Hbond substituents is 2. The van der Waals surface area contributed by atoms with Crippen molar-refractivity contribution in [3.63, 3.8) is 0 Å². The summed E-state index contributed by atoms with van der Waals surface area (Å²) in [6.45, 7) is 3.11. The topological polar surface area (TPSA) is 145 Å². The van der Waals surface area contributed by atoms with Crippen LogP contribution in [0.25, 0.3) is 0 Å². The second-order valence-corrected chi connectivity index (χ2v) is 6.72. The Morgan fingerprint density at radius 1 is 0.688 bits per heavy atom. The lowest BCUT2D eigenvalue weighted by Gasteiger charge is -2.09. The number of carbonyl (C=O) groups excluding carboxylic acids is 2. The van der Waals surface area contributed by atoms with Crippen LogP contribution in [0.5, 0.6) is 11.5 Å². The monoisotopic (exact) mass is 530 g/mol. The van der Waals surface area contributed by atoms with Crippen molar-refractivity contribution in [2.45, 2.75) is 12.1 Å². The molecule has 0 radical (unpaired) electrons. The molecule has 0 unspecified atom stereocenters. The Kier molecular flexibility index (Phi) is 18.2. The number of carbonyl (C=O) groups is 2. The van der Waals surface area contributed by atoms with Crippen molar-refractivity contribution in [3.8, 4) is 11.5 Å². The molecule has 3 rings (SSSR count). The van der Waals surface area contributed by atoms with E-state index in [2.05, 4.69) is 0 Å². The molecule has 0 aromatic heterocycles. The van der Waals surface area contributed by atoms with Crippen LogP contribution in [0.15, 0.2) is 48.5 Å². The molecule has 8 nitrogen and oxygen atoms in total. The Labute approximate surface area is 208 Å². The third kappa shape index (κ3) is 13.0. The Balaban J connectivity index is 0. The van der Waals surface area contributed by atoms with Crippen LogP contribution >= 0.6 is 48.0 Å². The summed E-state index contributed by atoms with van der Waals surface area (Å²) in [6.07, 6.45) is 0. The molecule has 2 atom stereocenters. The first-order valence-electron chi connectivity index (χ1n) is 8.85. The number of aromatic hydroxyl groups is 2. The molecule has 2 aromatic rings. The van der Waals surface area contributed by atoms with Gasteiger partial charge in [0.25, 0.3) is 0 Å². The smallest absolute Gasteiger partial charge is 0.242 e. The van der Waals surface area contributed by atoms with Gasteiger partial charge in [-0.05, 0) is 58.6 Å². The van der Waals surface area contributed by atoms with Gasteiger partial charge in [-0.25, -0.2) is 0 Å². The van der Waals surface area contributed by atoms with E-state index in [1.807, 2.05) is 0 Å². The summed E-state index contributed by atoms with van der Waals surface area (Å²) in [5.74, 6) is 0.265. The maximum atomic E-state index is 10.6. The van der Waals surface area contributed by atoms with Gasteiger partial charge in [-0.3, -0.25) is 9.59 Å². The fourth-order valence-electron chi connectivity index (χ4n) is 2.07. The van der Waals surface area contributed by atoms with Crippen molar-refractivity contribution in [2.75, 3.05) is 26.4 Å². The Morgan fingerprint density at radius 3 is 1.12 bits per heavy atom. The lowest BCUT2D eigenvalue weighted by molar-refractivity contribution is -0.113. The van der Waals surface area contributed by atoms with Crippen LogP contribution < -0.4 is 11.5 Å². The van der Waals surface area contributed by atoms with Gasteiger partial charge in [-0.1, -0.05) is 24.3 Å². The lowest BCUT2D eigenvalue weighted by atomic mass is 10.1. The normalized spacial score (nSPS) is 13.9. The fourth-order valence-corrected chi connectivity index (χ4v) is 2.32. The van der Waals surface area contributed by atoms with E-state index < -0.39 is 22.6 Å². The first-order valence-corrected chi connectivity index (χ1v) is 9.61. The van der Waals surface area contributed by atoms with E-state index in [1.54, 1.807) is 24.3 Å². The molecule has 1 aliphatic heterocycles. The van der Waals surface area contributed by atoms with Crippen LogP contribution in [-0.2, 0) is 19.1 Å². The van der Waals surface area contributed by atoms with Crippen molar-refractivity contribution >= 4 is 58.5 Å². The third-order valence-corrected chi connectivity index (χ3v) is 4.21. The summed E-state index contributed by atoms with van der Waals surface area (Å²) < 4.78 is 9.89. The highest BCUT2D eigenvalue weighted by atomic mass is 35.5. The van der Waals surface area contributed by atoms with Gasteiger partial charge in [-0.2, -0.15) is 0 Å². The molecule has 1 heterocycles. The van der Waals surface area contributed by atoms with Gasteiger partial charge >= 0.3 is 0 Å². The third-order valence-electron chi connectivity index (χ3n) is 3.74. The van der Waals surface area contributed by atoms with Gasteiger partial charge < -0.3 is 31.2 Å². The van der Waals surface area contributed by atoms with Crippen molar-refractivity contribution in [1.82, 2.24) is 0 Å². The molecule has 0 spiro atoms. The van der Waals surface area contributed by atoms with Gasteiger partial charge in [0.2, 0.25) is 10.5 Å². The van der Waals surface area contributed by atoms with Crippen LogP contribution in [0.3, 0.4) is 0 Å². The molecule has 2 aromatic carbocycles. The molecule has 1 aliphatic rings. The minimum atomic E-state index is -0.813. The average molecular weight is 532 g/mol. The lowest BCUT2D eigenvalue weighted by Crippen LogP contribution is -2.16. The standard InChI is InChI=1S/2C8H8ClNO2.C4H8O2.2ClH/c2*9-8(12)7(10)5-1-3-6(11)4-2-5;1-2-6-4-3-5-1;;/h2*1-4,7,11H,10H2;1-4H2;2*1H/t2*7-;;;/m11.../s1. The van der Waals surface area contributed by atoms with Crippen molar-refractivity contribution in [3.05, 3.63) is 59.7 Å². The maximum Gasteiger partial charge on any atom is 0.242 e. The van der Waals surface area contributed by atoms with Crippen molar-refractivity contribution in [2.24, 2.45) is 11.5 Å². The molecular formula is C20H26Cl4N2O6. The highest BCUT2D eigenvalue weighted by molar-refractivity contribution is 6.64. The van der Waals surface area contributed by atoms with E-state index in [4.69, 9.17) is 54.4 Å². The van der Waals surface area contributed by atoms with Crippen LogP contribution in [0.1, 0.15) is 23.2 Å². The zero-order valence-corrected chi connectivity index (χ0v) is 20.0. The van der Waals surface area contributed by atoms with Crippen LogP contribution in [-0.4, -0.2) is 47.1 Å². The molecule has 12 heteroatoms. The van der Waals surface area contributed by atoms with Gasteiger partial charge in [-0.15, -0.1) is 24.8 Å². The average Bonchev–Trinajstić information content (AvgIpc) is 2.76. The number of hydrogen-bond donors (Lipinski definition) is 4. The Morgan fingerprint density at radius 2 is 0.938 bits per heavy atom. The highest BCUT2D eigenvalue weighted by Crippen LogP contribution is 2.17. The quantitative estimate of drug-likeness (QED) is 0.440. The molecule has 0 saturated carbocycles. The minimum absolute atomic E-state index is 0. The fraction of sp³-hybridized carbons (Fsp3) is 0.300. The SMILES string of the molecule is C1COCCO1.Cl.Cl.N[C@@H](C(=O)Cl)c1ccc(O)cc1.N[C@@H](C(=O)Cl)c1ccc(O)cc1. The van der Waals surface area contributed by atoms with E-state index in [1.165, 1.54) is 24.3 Å². The first-order chi connectivity index (χ1) is 14.2. The van der Waals surface area contributed by atoms with E-state index in [9.17, 15) is 9.59 Å². The first kappa shape index (κ1) is 32.6. The van der Waals surface area contributed by atoms with Crippen LogP contribution in [0.2, 0.25) is 0 Å². The van der Waals surface area contributed by atoms with Crippen LogP contribution in [0, 0.1) is 0 Å². The zero-order chi connectivity index (χ0) is 22.5. The molecule has 1 saturated heterocycles. The van der Waals surface area contributed by atoms with E-state index in [0.29, 0.717) is 11.1 Å².